The summed E-state index contributed by atoms with van der Waals surface area (Å²) in [5, 5.41) is 2.78. The third-order valence-electron chi connectivity index (χ3n) is 2.52. The molecule has 0 amide bonds. The second-order valence-electron chi connectivity index (χ2n) is 3.81. The molecule has 0 saturated heterocycles. The molecular formula is C12H8Br2N4OS. The number of aromatic nitrogens is 2. The third-order valence-corrected chi connectivity index (χ3v) is 4.44. The van der Waals surface area contributed by atoms with Gasteiger partial charge in [0.15, 0.2) is 0 Å². The van der Waals surface area contributed by atoms with Gasteiger partial charge in [-0.25, -0.2) is 10.8 Å². The molecule has 0 fully saturated rings. The number of halogens is 2. The van der Waals surface area contributed by atoms with E-state index in [9.17, 15) is 0 Å². The fourth-order valence-corrected chi connectivity index (χ4v) is 3.52. The number of benzene rings is 1. The highest BCUT2D eigenvalue weighted by Gasteiger charge is 2.12. The van der Waals surface area contributed by atoms with E-state index >= 15 is 0 Å². The molecule has 0 atom stereocenters. The van der Waals surface area contributed by atoms with E-state index < -0.39 is 0 Å². The lowest BCUT2D eigenvalue weighted by Crippen LogP contribution is -2.10. The monoisotopic (exact) mass is 414 g/mol. The second-order valence-corrected chi connectivity index (χ2v) is 6.48. The van der Waals surface area contributed by atoms with E-state index in [-0.39, 0.29) is 0 Å². The average molecular weight is 416 g/mol. The molecule has 0 bridgehead atoms. The van der Waals surface area contributed by atoms with Gasteiger partial charge in [-0.15, -0.1) is 11.3 Å². The van der Waals surface area contributed by atoms with Gasteiger partial charge >= 0.3 is 0 Å². The zero-order valence-electron chi connectivity index (χ0n) is 9.93. The number of hydrogen-bond acceptors (Lipinski definition) is 6. The van der Waals surface area contributed by atoms with Crippen molar-refractivity contribution in [3.63, 3.8) is 0 Å². The van der Waals surface area contributed by atoms with Crippen LogP contribution in [0.5, 0.6) is 11.6 Å². The lowest BCUT2D eigenvalue weighted by molar-refractivity contribution is 0.466. The van der Waals surface area contributed by atoms with Gasteiger partial charge in [-0.1, -0.05) is 15.9 Å². The van der Waals surface area contributed by atoms with E-state index in [1.807, 2.05) is 29.6 Å². The Morgan fingerprint density at radius 1 is 1.20 bits per heavy atom. The van der Waals surface area contributed by atoms with Gasteiger partial charge in [0.05, 0.1) is 9.86 Å². The van der Waals surface area contributed by atoms with E-state index in [0.29, 0.717) is 17.6 Å². The van der Waals surface area contributed by atoms with Crippen LogP contribution < -0.4 is 16.0 Å². The van der Waals surface area contributed by atoms with E-state index in [1.54, 1.807) is 0 Å². The highest BCUT2D eigenvalue weighted by Crippen LogP contribution is 2.35. The van der Waals surface area contributed by atoms with Crippen molar-refractivity contribution in [1.29, 1.82) is 0 Å². The molecule has 0 aliphatic rings. The smallest absolute Gasteiger partial charge is 0.241 e. The minimum Gasteiger partial charge on any atom is -0.437 e. The standard InChI is InChI=1S/C12H8Br2N4OS/c13-6-1-2-9(8(14)5-6)19-10-7-3-4-20-11(7)17-12(16-10)18-15/h1-5H,15H2,(H,16,17,18). The van der Waals surface area contributed by atoms with Crippen LogP contribution in [-0.2, 0) is 0 Å². The van der Waals surface area contributed by atoms with Crippen molar-refractivity contribution in [1.82, 2.24) is 9.97 Å². The highest BCUT2D eigenvalue weighted by atomic mass is 79.9. The zero-order chi connectivity index (χ0) is 14.1. The summed E-state index contributed by atoms with van der Waals surface area (Å²) in [6, 6.07) is 7.57. The Hall–Kier alpha value is -1.22. The van der Waals surface area contributed by atoms with Crippen LogP contribution in [0.15, 0.2) is 38.6 Å². The summed E-state index contributed by atoms with van der Waals surface area (Å²) in [4.78, 5) is 9.34. The van der Waals surface area contributed by atoms with Crippen LogP contribution in [0.2, 0.25) is 0 Å². The molecule has 1 aromatic carbocycles. The van der Waals surface area contributed by atoms with Crippen molar-refractivity contribution in [2.24, 2.45) is 5.84 Å². The quantitative estimate of drug-likeness (QED) is 0.493. The van der Waals surface area contributed by atoms with Crippen LogP contribution in [-0.4, -0.2) is 9.97 Å². The second kappa shape index (κ2) is 5.65. The fourth-order valence-electron chi connectivity index (χ4n) is 1.63. The molecule has 3 aromatic rings. The summed E-state index contributed by atoms with van der Waals surface area (Å²) in [6.45, 7) is 0. The number of anilines is 1. The third kappa shape index (κ3) is 2.64. The molecule has 0 radical (unpaired) electrons. The number of nitrogens with zero attached hydrogens (tertiary/aromatic N) is 2. The normalized spacial score (nSPS) is 10.8. The molecule has 3 N–H and O–H groups in total. The lowest BCUT2D eigenvalue weighted by Gasteiger charge is -2.09. The first kappa shape index (κ1) is 13.7. The van der Waals surface area contributed by atoms with Gasteiger partial charge in [-0.3, -0.25) is 5.43 Å². The molecule has 2 heterocycles. The largest absolute Gasteiger partial charge is 0.437 e. The molecule has 0 spiro atoms. The van der Waals surface area contributed by atoms with Crippen molar-refractivity contribution in [2.75, 3.05) is 5.43 Å². The minimum absolute atomic E-state index is 0.322. The number of fused-ring (bicyclic) bond motifs is 1. The van der Waals surface area contributed by atoms with Gasteiger partial charge in [0.25, 0.3) is 0 Å². The Kier molecular flexibility index (Phi) is 3.88. The zero-order valence-corrected chi connectivity index (χ0v) is 13.9. The molecule has 0 unspecified atom stereocenters. The van der Waals surface area contributed by atoms with Gasteiger partial charge in [0.1, 0.15) is 10.6 Å². The van der Waals surface area contributed by atoms with Crippen LogP contribution in [0.1, 0.15) is 0 Å². The summed E-state index contributed by atoms with van der Waals surface area (Å²) in [5.41, 5.74) is 2.44. The molecule has 102 valence electrons. The number of hydrogen-bond donors (Lipinski definition) is 2. The summed E-state index contributed by atoms with van der Waals surface area (Å²) in [6.07, 6.45) is 0. The molecule has 20 heavy (non-hydrogen) atoms. The first-order valence-electron chi connectivity index (χ1n) is 5.52. The Morgan fingerprint density at radius 2 is 2.05 bits per heavy atom. The Balaban J connectivity index is 2.07. The Morgan fingerprint density at radius 3 is 2.80 bits per heavy atom. The van der Waals surface area contributed by atoms with Crippen LogP contribution in [0, 0.1) is 0 Å². The summed E-state index contributed by atoms with van der Waals surface area (Å²) < 4.78 is 7.66. The average Bonchev–Trinajstić information content (AvgIpc) is 2.90. The number of nitrogens with two attached hydrogens (primary N) is 1. The van der Waals surface area contributed by atoms with E-state index in [4.69, 9.17) is 10.6 Å². The van der Waals surface area contributed by atoms with Gasteiger partial charge in [0, 0.05) is 4.47 Å². The minimum atomic E-state index is 0.322. The number of thiophene rings is 1. The maximum Gasteiger partial charge on any atom is 0.241 e. The molecule has 8 heteroatoms. The van der Waals surface area contributed by atoms with Crippen molar-refractivity contribution in [3.05, 3.63) is 38.6 Å². The van der Waals surface area contributed by atoms with Gasteiger partial charge in [-0.2, -0.15) is 4.98 Å². The SMILES string of the molecule is NNc1nc(Oc2ccc(Br)cc2Br)c2ccsc2n1. The van der Waals surface area contributed by atoms with Crippen molar-refractivity contribution in [3.8, 4) is 11.6 Å². The lowest BCUT2D eigenvalue weighted by atomic mass is 10.3. The number of hydrazine groups is 1. The highest BCUT2D eigenvalue weighted by molar-refractivity contribution is 9.11. The Labute approximate surface area is 135 Å². The van der Waals surface area contributed by atoms with Crippen molar-refractivity contribution >= 4 is 59.4 Å². The molecular weight excluding hydrogens is 408 g/mol. The predicted molar refractivity (Wildman–Crippen MR) is 87.1 cm³/mol. The summed E-state index contributed by atoms with van der Waals surface area (Å²) in [7, 11) is 0. The predicted octanol–water partition coefficient (Wildman–Crippen LogP) is 4.29. The number of nitrogen functional groups attached to an aromatic ring is 1. The van der Waals surface area contributed by atoms with Crippen LogP contribution >= 0.6 is 43.2 Å². The maximum atomic E-state index is 5.87. The summed E-state index contributed by atoms with van der Waals surface area (Å²) >= 11 is 8.36. The number of nitrogens with one attached hydrogen (secondary N) is 1. The molecule has 0 saturated carbocycles. The first-order chi connectivity index (χ1) is 9.67. The van der Waals surface area contributed by atoms with Crippen molar-refractivity contribution < 1.29 is 4.74 Å². The van der Waals surface area contributed by atoms with E-state index in [2.05, 4.69) is 47.3 Å². The first-order valence-corrected chi connectivity index (χ1v) is 7.98. The number of rotatable bonds is 3. The molecule has 0 aliphatic carbocycles. The molecule has 3 rings (SSSR count). The van der Waals surface area contributed by atoms with Gasteiger partial charge in [-0.05, 0) is 45.6 Å². The number of ether oxygens (including phenoxy) is 1. The van der Waals surface area contributed by atoms with Crippen molar-refractivity contribution in [2.45, 2.75) is 0 Å². The Bertz CT molecular complexity index is 777. The van der Waals surface area contributed by atoms with Crippen LogP contribution in [0.4, 0.5) is 5.95 Å². The topological polar surface area (TPSA) is 73.1 Å². The molecule has 0 aliphatic heterocycles. The van der Waals surface area contributed by atoms with E-state index in [0.717, 1.165) is 19.2 Å². The summed E-state index contributed by atoms with van der Waals surface area (Å²) in [5.74, 6) is 6.84. The fraction of sp³-hybridized carbons (Fsp3) is 0. The van der Waals surface area contributed by atoms with Gasteiger partial charge in [0.2, 0.25) is 11.8 Å². The van der Waals surface area contributed by atoms with E-state index in [1.165, 1.54) is 11.3 Å². The van der Waals surface area contributed by atoms with Crippen LogP contribution in [0.3, 0.4) is 0 Å². The molecule has 2 aromatic heterocycles. The maximum absolute atomic E-state index is 5.87. The van der Waals surface area contributed by atoms with Gasteiger partial charge < -0.3 is 4.74 Å². The van der Waals surface area contributed by atoms with Crippen LogP contribution in [0.25, 0.3) is 10.2 Å². The molecule has 5 nitrogen and oxygen atoms in total.